The summed E-state index contributed by atoms with van der Waals surface area (Å²) >= 11 is 0. The first-order chi connectivity index (χ1) is 11.4. The molecule has 0 heterocycles. The van der Waals surface area contributed by atoms with Gasteiger partial charge in [0.05, 0.1) is 0 Å². The third-order valence-corrected chi connectivity index (χ3v) is 8.09. The van der Waals surface area contributed by atoms with Crippen LogP contribution in [-0.4, -0.2) is 16.5 Å². The predicted octanol–water partition coefficient (Wildman–Crippen LogP) is 3.90. The molecule has 0 aliphatic heterocycles. The number of hydrogen-bond donors (Lipinski definition) is 1. The Morgan fingerprint density at radius 3 is 2.83 bits per heavy atom. The minimum atomic E-state index is -0.931. The molecular weight excluding hydrogens is 296 g/mol. The number of rotatable bonds is 1. The highest BCUT2D eigenvalue weighted by Crippen LogP contribution is 2.65. The third kappa shape index (κ3) is 1.97. The molecule has 3 fully saturated rings. The van der Waals surface area contributed by atoms with Crippen LogP contribution in [-0.2, 0) is 4.79 Å². The van der Waals surface area contributed by atoms with E-state index in [0.29, 0.717) is 36.0 Å². The van der Waals surface area contributed by atoms with E-state index < -0.39 is 5.60 Å². The lowest BCUT2D eigenvalue weighted by atomic mass is 9.49. The number of ketones is 1. The van der Waals surface area contributed by atoms with Gasteiger partial charge in [-0.3, -0.25) is 4.79 Å². The van der Waals surface area contributed by atoms with Crippen LogP contribution in [0, 0.1) is 47.3 Å². The van der Waals surface area contributed by atoms with Crippen LogP contribution in [0.1, 0.15) is 51.9 Å². The summed E-state index contributed by atoms with van der Waals surface area (Å²) in [5.41, 5.74) is 0.295. The second kappa shape index (κ2) is 5.33. The summed E-state index contributed by atoms with van der Waals surface area (Å²) in [4.78, 5) is 12.0. The van der Waals surface area contributed by atoms with Gasteiger partial charge in [0.2, 0.25) is 0 Å². The first kappa shape index (κ1) is 16.2. The van der Waals surface area contributed by atoms with Crippen LogP contribution in [0.2, 0.25) is 0 Å². The Kier molecular flexibility index (Phi) is 3.59. The van der Waals surface area contributed by atoms with Crippen LogP contribution in [0.5, 0.6) is 0 Å². The molecule has 7 atom stereocenters. The molecule has 24 heavy (non-hydrogen) atoms. The van der Waals surface area contributed by atoms with Crippen LogP contribution >= 0.6 is 0 Å². The fourth-order valence-electron chi connectivity index (χ4n) is 6.82. The predicted molar refractivity (Wildman–Crippen MR) is 94.9 cm³/mol. The molecule has 4 aliphatic carbocycles. The van der Waals surface area contributed by atoms with Crippen molar-refractivity contribution in [2.45, 2.75) is 57.5 Å². The van der Waals surface area contributed by atoms with Crippen LogP contribution in [0.25, 0.3) is 0 Å². The Labute approximate surface area is 145 Å². The molecule has 0 bridgehead atoms. The minimum Gasteiger partial charge on any atom is -0.377 e. The van der Waals surface area contributed by atoms with Crippen LogP contribution < -0.4 is 0 Å². The third-order valence-electron chi connectivity index (χ3n) is 8.09. The summed E-state index contributed by atoms with van der Waals surface area (Å²) in [5.74, 6) is 5.56. The van der Waals surface area contributed by atoms with E-state index in [-0.39, 0.29) is 11.2 Å². The van der Waals surface area contributed by atoms with Crippen molar-refractivity contribution >= 4 is 5.78 Å². The van der Waals surface area contributed by atoms with Gasteiger partial charge in [-0.2, -0.15) is 0 Å². The highest BCUT2D eigenvalue weighted by atomic mass is 16.3. The van der Waals surface area contributed by atoms with E-state index in [4.69, 9.17) is 6.42 Å². The zero-order chi connectivity index (χ0) is 17.1. The molecule has 4 aliphatic rings. The molecule has 0 aromatic carbocycles. The monoisotopic (exact) mass is 324 g/mol. The normalized spacial score (nSPS) is 50.1. The maximum Gasteiger partial charge on any atom is 0.156 e. The van der Waals surface area contributed by atoms with Crippen molar-refractivity contribution < 1.29 is 9.90 Å². The number of hydrogen-bond acceptors (Lipinski definition) is 2. The van der Waals surface area contributed by atoms with E-state index in [2.05, 4.69) is 19.4 Å². The molecule has 0 radical (unpaired) electrons. The van der Waals surface area contributed by atoms with Gasteiger partial charge >= 0.3 is 0 Å². The Morgan fingerprint density at radius 2 is 2.12 bits per heavy atom. The Bertz CT molecular complexity index is 653. The minimum absolute atomic E-state index is 0.141. The Balaban J connectivity index is 1.69. The maximum atomic E-state index is 12.0. The quantitative estimate of drug-likeness (QED) is 0.586. The highest BCUT2D eigenvalue weighted by molar-refractivity contribution is 5.91. The second-order valence-electron chi connectivity index (χ2n) is 8.79. The molecule has 2 heteroatoms. The van der Waals surface area contributed by atoms with Gasteiger partial charge in [0.25, 0.3) is 0 Å². The molecule has 4 rings (SSSR count). The lowest BCUT2D eigenvalue weighted by Crippen LogP contribution is -2.52. The standard InChI is InChI=1S/C22H28O2/c1-4-14-12-16(23)13-15-6-7-17-18(20(14)15)8-10-21(3)19(17)9-11-22(21,24)5-2/h2,4,13-14,17-20,24H,1,6-12H2,3H3/t14?,17-,18+,19+,20+,21+,22-/m1/s1. The molecule has 0 aromatic heterocycles. The van der Waals surface area contributed by atoms with Gasteiger partial charge in [0, 0.05) is 11.8 Å². The van der Waals surface area contributed by atoms with Gasteiger partial charge < -0.3 is 5.11 Å². The molecule has 3 saturated carbocycles. The summed E-state index contributed by atoms with van der Waals surface area (Å²) in [6, 6.07) is 0. The SMILES string of the molecule is C#C[C@@]1(O)CC[C@H]2[C@@H]3CCC4=CC(=O)CC(C=C)[C@@H]4[C@H]3CC[C@@]21C. The number of fused-ring (bicyclic) bond motifs is 5. The average molecular weight is 324 g/mol. The topological polar surface area (TPSA) is 37.3 Å². The van der Waals surface area contributed by atoms with Crippen LogP contribution in [0.4, 0.5) is 0 Å². The Morgan fingerprint density at radius 1 is 1.33 bits per heavy atom. The molecule has 0 amide bonds. The number of terminal acetylenes is 1. The number of carbonyl (C=O) groups excluding carboxylic acids is 1. The highest BCUT2D eigenvalue weighted by Gasteiger charge is 2.62. The van der Waals surface area contributed by atoms with E-state index in [9.17, 15) is 9.90 Å². The molecule has 2 nitrogen and oxygen atoms in total. The molecular formula is C22H28O2. The van der Waals surface area contributed by atoms with Crippen molar-refractivity contribution in [1.82, 2.24) is 0 Å². The fourth-order valence-corrected chi connectivity index (χ4v) is 6.82. The number of aliphatic hydroxyl groups is 1. The van der Waals surface area contributed by atoms with E-state index in [1.807, 2.05) is 12.2 Å². The van der Waals surface area contributed by atoms with E-state index in [0.717, 1.165) is 38.5 Å². The number of allylic oxidation sites excluding steroid dienone is 2. The largest absolute Gasteiger partial charge is 0.377 e. The summed E-state index contributed by atoms with van der Waals surface area (Å²) in [7, 11) is 0. The zero-order valence-electron chi connectivity index (χ0n) is 14.6. The first-order valence-corrected chi connectivity index (χ1v) is 9.49. The van der Waals surface area contributed by atoms with E-state index >= 15 is 0 Å². The average Bonchev–Trinajstić information content (AvgIpc) is 2.85. The van der Waals surface area contributed by atoms with Gasteiger partial charge in [-0.05, 0) is 74.2 Å². The van der Waals surface area contributed by atoms with Crippen molar-refractivity contribution in [3.05, 3.63) is 24.3 Å². The van der Waals surface area contributed by atoms with Gasteiger partial charge in [0.15, 0.2) is 5.78 Å². The second-order valence-corrected chi connectivity index (χ2v) is 8.79. The van der Waals surface area contributed by atoms with Crippen molar-refractivity contribution in [3.8, 4) is 12.3 Å². The maximum absolute atomic E-state index is 12.0. The van der Waals surface area contributed by atoms with Crippen LogP contribution in [0.3, 0.4) is 0 Å². The van der Waals surface area contributed by atoms with Crippen molar-refractivity contribution in [2.75, 3.05) is 0 Å². The van der Waals surface area contributed by atoms with Crippen molar-refractivity contribution in [2.24, 2.45) is 35.0 Å². The van der Waals surface area contributed by atoms with Crippen molar-refractivity contribution in [3.63, 3.8) is 0 Å². The lowest BCUT2D eigenvalue weighted by Gasteiger charge is -2.55. The van der Waals surface area contributed by atoms with Gasteiger partial charge in [0.1, 0.15) is 5.60 Å². The molecule has 0 aromatic rings. The fraction of sp³-hybridized carbons (Fsp3) is 0.682. The summed E-state index contributed by atoms with van der Waals surface area (Å²) in [6.07, 6.45) is 16.4. The summed E-state index contributed by atoms with van der Waals surface area (Å²) in [5, 5.41) is 11.0. The van der Waals surface area contributed by atoms with E-state index in [1.165, 1.54) is 5.57 Å². The molecule has 1 N–H and O–H groups in total. The van der Waals surface area contributed by atoms with Crippen LogP contribution in [0.15, 0.2) is 24.3 Å². The Hall–Kier alpha value is -1.33. The first-order valence-electron chi connectivity index (χ1n) is 9.49. The molecule has 1 unspecified atom stereocenters. The van der Waals surface area contributed by atoms with Crippen molar-refractivity contribution in [1.29, 1.82) is 0 Å². The molecule has 128 valence electrons. The smallest absolute Gasteiger partial charge is 0.156 e. The van der Waals surface area contributed by atoms with E-state index in [1.54, 1.807) is 0 Å². The molecule has 0 saturated heterocycles. The van der Waals surface area contributed by atoms with Gasteiger partial charge in [-0.15, -0.1) is 13.0 Å². The summed E-state index contributed by atoms with van der Waals surface area (Å²) in [6.45, 7) is 6.24. The summed E-state index contributed by atoms with van der Waals surface area (Å²) < 4.78 is 0. The van der Waals surface area contributed by atoms with Gasteiger partial charge in [-0.1, -0.05) is 24.5 Å². The zero-order valence-corrected chi connectivity index (χ0v) is 14.6. The lowest BCUT2D eigenvalue weighted by molar-refractivity contribution is -0.117. The number of carbonyl (C=O) groups is 1. The van der Waals surface area contributed by atoms with Gasteiger partial charge in [-0.25, -0.2) is 0 Å². The molecule has 0 spiro atoms.